The Morgan fingerprint density at radius 2 is 1.93 bits per heavy atom. The second kappa shape index (κ2) is 7.18. The van der Waals surface area contributed by atoms with Gasteiger partial charge in [-0.25, -0.2) is 13.6 Å². The largest absolute Gasteiger partial charge is 0.453 e. The summed E-state index contributed by atoms with van der Waals surface area (Å²) in [5.74, 6) is -1.00. The Morgan fingerprint density at radius 1 is 1.22 bits per heavy atom. The lowest BCUT2D eigenvalue weighted by atomic mass is 9.93. The van der Waals surface area contributed by atoms with Crippen LogP contribution in [0.5, 0.6) is 0 Å². The minimum atomic E-state index is -0.644. The highest BCUT2D eigenvalue weighted by molar-refractivity contribution is 5.69. The first-order chi connectivity index (χ1) is 13.0. The molecular formula is C19H23F2N3O3. The van der Waals surface area contributed by atoms with Crippen LogP contribution in [-0.2, 0) is 9.47 Å². The highest BCUT2D eigenvalue weighted by atomic mass is 19.1. The van der Waals surface area contributed by atoms with Crippen molar-refractivity contribution in [3.63, 3.8) is 0 Å². The molecule has 146 valence electrons. The number of hydrogen-bond donors (Lipinski definition) is 1. The van der Waals surface area contributed by atoms with Crippen LogP contribution < -0.4 is 5.73 Å². The van der Waals surface area contributed by atoms with E-state index in [0.29, 0.717) is 26.1 Å². The van der Waals surface area contributed by atoms with Gasteiger partial charge in [-0.3, -0.25) is 4.90 Å². The maximum Gasteiger partial charge on any atom is 0.410 e. The monoisotopic (exact) mass is 379 g/mol. The fourth-order valence-electron chi connectivity index (χ4n) is 4.28. The van der Waals surface area contributed by atoms with Gasteiger partial charge >= 0.3 is 6.09 Å². The number of carbonyl (C=O) groups excluding carboxylic acids is 1. The van der Waals surface area contributed by atoms with E-state index in [-0.39, 0.29) is 17.7 Å². The Labute approximate surface area is 156 Å². The van der Waals surface area contributed by atoms with E-state index < -0.39 is 23.8 Å². The van der Waals surface area contributed by atoms with Crippen LogP contribution in [0.4, 0.5) is 13.6 Å². The maximum atomic E-state index is 14.1. The molecule has 3 aliphatic heterocycles. The summed E-state index contributed by atoms with van der Waals surface area (Å²) in [6.45, 7) is 3.13. The second-order valence-electron chi connectivity index (χ2n) is 7.41. The first-order valence-corrected chi connectivity index (χ1v) is 9.05. The van der Waals surface area contributed by atoms with Gasteiger partial charge < -0.3 is 20.1 Å². The lowest BCUT2D eigenvalue weighted by molar-refractivity contribution is -0.0469. The summed E-state index contributed by atoms with van der Waals surface area (Å²) in [5.41, 5.74) is 8.92. The number of halogens is 2. The molecule has 1 aromatic rings. The quantitative estimate of drug-likeness (QED) is 0.794. The van der Waals surface area contributed by atoms with E-state index in [1.807, 2.05) is 0 Å². The third-order valence-electron chi connectivity index (χ3n) is 5.67. The molecule has 3 heterocycles. The normalized spacial score (nSPS) is 28.6. The molecule has 1 saturated heterocycles. The summed E-state index contributed by atoms with van der Waals surface area (Å²) in [6, 6.07) is 3.06. The second-order valence-corrected chi connectivity index (χ2v) is 7.41. The molecule has 0 saturated carbocycles. The van der Waals surface area contributed by atoms with Crippen molar-refractivity contribution >= 4 is 6.09 Å². The molecule has 27 heavy (non-hydrogen) atoms. The molecular weight excluding hydrogens is 356 g/mol. The molecule has 8 heteroatoms. The van der Waals surface area contributed by atoms with Gasteiger partial charge in [0.1, 0.15) is 17.7 Å². The summed E-state index contributed by atoms with van der Waals surface area (Å²) >= 11 is 0. The summed E-state index contributed by atoms with van der Waals surface area (Å²) < 4.78 is 38.2. The predicted molar refractivity (Wildman–Crippen MR) is 94.0 cm³/mol. The minimum Gasteiger partial charge on any atom is -0.453 e. The lowest BCUT2D eigenvalue weighted by Gasteiger charge is -2.39. The van der Waals surface area contributed by atoms with Crippen LogP contribution in [0, 0.1) is 11.6 Å². The van der Waals surface area contributed by atoms with Crippen molar-refractivity contribution < 1.29 is 23.0 Å². The number of nitrogens with two attached hydrogens (primary N) is 1. The SMILES string of the molecule is COC(=O)N1CC2=C(C1)CN([C@H]1CO[C@H](c3cc(F)ccc3F)[C@@H](N)C1)C2. The van der Waals surface area contributed by atoms with Gasteiger partial charge in [-0.15, -0.1) is 0 Å². The standard InChI is InChI=1S/C19H23F2N3O3/c1-26-19(25)24-8-11-6-23(7-12(11)9-24)14-5-17(22)18(27-10-14)15-4-13(20)2-3-16(15)21/h2-4,14,17-18H,5-10,22H2,1H3/t14-,17+,18-/m1/s1. The third-order valence-corrected chi connectivity index (χ3v) is 5.67. The van der Waals surface area contributed by atoms with Crippen molar-refractivity contribution in [2.75, 3.05) is 39.9 Å². The topological polar surface area (TPSA) is 68.0 Å². The Kier molecular flexibility index (Phi) is 4.88. The average Bonchev–Trinajstić information content (AvgIpc) is 3.22. The molecule has 0 unspecified atom stereocenters. The molecule has 1 amide bonds. The molecule has 1 aromatic carbocycles. The number of hydrogen-bond acceptors (Lipinski definition) is 5. The van der Waals surface area contributed by atoms with Gasteiger partial charge in [0.15, 0.2) is 0 Å². The van der Waals surface area contributed by atoms with Gasteiger partial charge in [-0.2, -0.15) is 0 Å². The number of methoxy groups -OCH3 is 1. The van der Waals surface area contributed by atoms with Gasteiger partial charge in [0, 0.05) is 43.8 Å². The van der Waals surface area contributed by atoms with Crippen LogP contribution in [-0.4, -0.2) is 67.9 Å². The third kappa shape index (κ3) is 3.44. The highest BCUT2D eigenvalue weighted by Gasteiger charge is 2.39. The van der Waals surface area contributed by atoms with E-state index in [1.165, 1.54) is 18.3 Å². The molecule has 0 bridgehead atoms. The zero-order chi connectivity index (χ0) is 19.1. The van der Waals surface area contributed by atoms with E-state index in [9.17, 15) is 13.6 Å². The zero-order valence-electron chi connectivity index (χ0n) is 15.2. The van der Waals surface area contributed by atoms with Crippen LogP contribution in [0.25, 0.3) is 0 Å². The fraction of sp³-hybridized carbons (Fsp3) is 0.526. The number of benzene rings is 1. The van der Waals surface area contributed by atoms with E-state index in [1.54, 1.807) is 4.90 Å². The zero-order valence-corrected chi connectivity index (χ0v) is 15.2. The Balaban J connectivity index is 1.36. The molecule has 4 rings (SSSR count). The van der Waals surface area contributed by atoms with E-state index in [2.05, 4.69) is 4.90 Å². The molecule has 6 nitrogen and oxygen atoms in total. The molecule has 0 radical (unpaired) electrons. The fourth-order valence-corrected chi connectivity index (χ4v) is 4.28. The number of carbonyl (C=O) groups is 1. The van der Waals surface area contributed by atoms with Crippen LogP contribution in [0.2, 0.25) is 0 Å². The van der Waals surface area contributed by atoms with Gasteiger partial charge in [-0.1, -0.05) is 0 Å². The van der Waals surface area contributed by atoms with E-state index >= 15 is 0 Å². The van der Waals surface area contributed by atoms with Crippen LogP contribution in [0.3, 0.4) is 0 Å². The first kappa shape index (κ1) is 18.3. The molecule has 0 aliphatic carbocycles. The number of nitrogens with zero attached hydrogens (tertiary/aromatic N) is 2. The molecule has 3 aliphatic rings. The number of ether oxygens (including phenoxy) is 2. The van der Waals surface area contributed by atoms with Crippen LogP contribution in [0.15, 0.2) is 29.3 Å². The predicted octanol–water partition coefficient (Wildman–Crippen LogP) is 1.82. The number of rotatable bonds is 2. The highest BCUT2D eigenvalue weighted by Crippen LogP contribution is 2.34. The first-order valence-electron chi connectivity index (χ1n) is 9.05. The van der Waals surface area contributed by atoms with Crippen molar-refractivity contribution in [1.29, 1.82) is 0 Å². The smallest absolute Gasteiger partial charge is 0.410 e. The molecule has 0 spiro atoms. The summed E-state index contributed by atoms with van der Waals surface area (Å²) in [7, 11) is 1.39. The van der Waals surface area contributed by atoms with Crippen molar-refractivity contribution in [3.8, 4) is 0 Å². The lowest BCUT2D eigenvalue weighted by Crippen LogP contribution is -2.49. The molecule has 3 atom stereocenters. The summed E-state index contributed by atoms with van der Waals surface area (Å²) in [6.07, 6.45) is -0.310. The van der Waals surface area contributed by atoms with Gasteiger partial charge in [-0.05, 0) is 35.8 Å². The van der Waals surface area contributed by atoms with Gasteiger partial charge in [0.2, 0.25) is 0 Å². The Hall–Kier alpha value is -2.03. The van der Waals surface area contributed by atoms with Crippen molar-refractivity contribution in [3.05, 3.63) is 46.5 Å². The van der Waals surface area contributed by atoms with Crippen LogP contribution >= 0.6 is 0 Å². The van der Waals surface area contributed by atoms with Crippen molar-refractivity contribution in [2.24, 2.45) is 5.73 Å². The van der Waals surface area contributed by atoms with E-state index in [0.717, 1.165) is 31.3 Å². The molecule has 1 fully saturated rings. The summed E-state index contributed by atoms with van der Waals surface area (Å²) in [4.78, 5) is 15.6. The summed E-state index contributed by atoms with van der Waals surface area (Å²) in [5, 5.41) is 0. The number of amides is 1. The molecule has 2 N–H and O–H groups in total. The van der Waals surface area contributed by atoms with Crippen molar-refractivity contribution in [2.45, 2.75) is 24.6 Å². The van der Waals surface area contributed by atoms with Crippen molar-refractivity contribution in [1.82, 2.24) is 9.80 Å². The minimum absolute atomic E-state index is 0.116. The Bertz CT molecular complexity index is 767. The average molecular weight is 379 g/mol. The van der Waals surface area contributed by atoms with Gasteiger partial charge in [0.25, 0.3) is 0 Å². The van der Waals surface area contributed by atoms with Crippen LogP contribution in [0.1, 0.15) is 18.1 Å². The maximum absolute atomic E-state index is 14.1. The van der Waals surface area contributed by atoms with E-state index in [4.69, 9.17) is 15.2 Å². The van der Waals surface area contributed by atoms with Gasteiger partial charge in [0.05, 0.1) is 13.7 Å². The molecule has 0 aromatic heterocycles. The Morgan fingerprint density at radius 3 is 2.56 bits per heavy atom.